The Kier molecular flexibility index (Phi) is 8.87. The number of nitrogens with one attached hydrogen (secondary N) is 2. The average molecular weight is 561 g/mol. The summed E-state index contributed by atoms with van der Waals surface area (Å²) in [5.41, 5.74) is 2.21. The van der Waals surface area contributed by atoms with Crippen LogP contribution in [0.25, 0.3) is 0 Å². The molecule has 0 radical (unpaired) electrons. The minimum Gasteiger partial charge on any atom is -0.348 e. The van der Waals surface area contributed by atoms with Crippen LogP contribution in [0.5, 0.6) is 0 Å². The highest BCUT2D eigenvalue weighted by atomic mass is 35.5. The number of para-hydroxylation sites is 1. The Bertz CT molecular complexity index is 1380. The lowest BCUT2D eigenvalue weighted by molar-refractivity contribution is -0.120. The molecule has 0 spiro atoms. The summed E-state index contributed by atoms with van der Waals surface area (Å²) in [5, 5.41) is 6.35. The summed E-state index contributed by atoms with van der Waals surface area (Å²) in [6.07, 6.45) is 1.10. The summed E-state index contributed by atoms with van der Waals surface area (Å²) < 4.78 is 27.5. The van der Waals surface area contributed by atoms with Gasteiger partial charge in [0.2, 0.25) is 15.9 Å². The van der Waals surface area contributed by atoms with Gasteiger partial charge in [-0.15, -0.1) is 0 Å². The summed E-state index contributed by atoms with van der Waals surface area (Å²) in [7, 11) is -3.67. The maximum absolute atomic E-state index is 13.1. The molecule has 37 heavy (non-hydrogen) atoms. The first-order valence-electron chi connectivity index (χ1n) is 11.9. The minimum atomic E-state index is -3.67. The highest BCUT2D eigenvalue weighted by Gasteiger charge is 2.33. The van der Waals surface area contributed by atoms with Crippen LogP contribution in [0.2, 0.25) is 10.0 Å². The predicted molar refractivity (Wildman–Crippen MR) is 146 cm³/mol. The van der Waals surface area contributed by atoms with Gasteiger partial charge in [-0.05, 0) is 48.2 Å². The third-order valence-corrected chi connectivity index (χ3v) is 8.76. The Morgan fingerprint density at radius 3 is 2.41 bits per heavy atom. The van der Waals surface area contributed by atoms with E-state index in [4.69, 9.17) is 23.2 Å². The van der Waals surface area contributed by atoms with E-state index in [1.807, 2.05) is 30.3 Å². The fourth-order valence-electron chi connectivity index (χ4n) is 4.24. The van der Waals surface area contributed by atoms with E-state index in [1.165, 1.54) is 10.4 Å². The van der Waals surface area contributed by atoms with Gasteiger partial charge in [0.1, 0.15) is 0 Å². The number of anilines is 1. The largest absolute Gasteiger partial charge is 0.348 e. The molecule has 1 saturated heterocycles. The molecule has 1 atom stereocenters. The van der Waals surface area contributed by atoms with Crippen molar-refractivity contribution in [2.75, 3.05) is 18.4 Å². The molecule has 0 saturated carbocycles. The maximum Gasteiger partial charge on any atom is 0.253 e. The fraction of sp³-hybridized carbons (Fsp3) is 0.259. The Morgan fingerprint density at radius 1 is 0.919 bits per heavy atom. The summed E-state index contributed by atoms with van der Waals surface area (Å²) in [5.74, 6) is -1.41. The van der Waals surface area contributed by atoms with Crippen LogP contribution >= 0.6 is 23.2 Å². The number of carbonyl (C=O) groups excluding carboxylic acids is 2. The second-order valence-electron chi connectivity index (χ2n) is 8.90. The number of carbonyl (C=O) groups is 2. The van der Waals surface area contributed by atoms with Gasteiger partial charge in [-0.25, -0.2) is 12.7 Å². The molecule has 7 nitrogen and oxygen atoms in total. The van der Waals surface area contributed by atoms with Crippen LogP contribution in [-0.2, 0) is 27.1 Å². The van der Waals surface area contributed by atoms with Crippen molar-refractivity contribution in [2.45, 2.75) is 25.1 Å². The number of benzene rings is 3. The average Bonchev–Trinajstić information content (AvgIpc) is 2.90. The van der Waals surface area contributed by atoms with Gasteiger partial charge < -0.3 is 10.6 Å². The van der Waals surface area contributed by atoms with E-state index in [2.05, 4.69) is 10.6 Å². The van der Waals surface area contributed by atoms with Gasteiger partial charge in [0.15, 0.2) is 0 Å². The first kappa shape index (κ1) is 27.1. The molecule has 0 aliphatic carbocycles. The van der Waals surface area contributed by atoms with Gasteiger partial charge in [0.25, 0.3) is 5.91 Å². The number of hydrogen-bond donors (Lipinski definition) is 2. The maximum atomic E-state index is 13.1. The lowest BCUT2D eigenvalue weighted by Crippen LogP contribution is -2.44. The smallest absolute Gasteiger partial charge is 0.253 e. The number of rotatable bonds is 8. The molecular weight excluding hydrogens is 533 g/mol. The Hall–Kier alpha value is -2.91. The molecule has 1 aliphatic rings. The molecule has 3 aromatic carbocycles. The normalized spacial score (nSPS) is 16.2. The number of sulfonamides is 1. The van der Waals surface area contributed by atoms with Crippen molar-refractivity contribution in [3.05, 3.63) is 99.5 Å². The number of piperidine rings is 1. The van der Waals surface area contributed by atoms with Gasteiger partial charge in [-0.1, -0.05) is 71.7 Å². The molecule has 4 rings (SSSR count). The van der Waals surface area contributed by atoms with Crippen molar-refractivity contribution in [3.8, 4) is 0 Å². The summed E-state index contributed by atoms with van der Waals surface area (Å²) in [6, 6.07) is 21.0. The zero-order valence-corrected chi connectivity index (χ0v) is 22.3. The first-order chi connectivity index (χ1) is 17.7. The van der Waals surface area contributed by atoms with Crippen LogP contribution < -0.4 is 10.6 Å². The monoisotopic (exact) mass is 559 g/mol. The third kappa shape index (κ3) is 7.11. The van der Waals surface area contributed by atoms with E-state index in [9.17, 15) is 18.0 Å². The van der Waals surface area contributed by atoms with Crippen molar-refractivity contribution in [2.24, 2.45) is 5.92 Å². The van der Waals surface area contributed by atoms with E-state index in [0.717, 1.165) is 5.56 Å². The van der Waals surface area contributed by atoms with Crippen LogP contribution in [0.15, 0.2) is 72.8 Å². The van der Waals surface area contributed by atoms with Crippen LogP contribution in [0.1, 0.15) is 34.3 Å². The van der Waals surface area contributed by atoms with Crippen molar-refractivity contribution >= 4 is 50.7 Å². The molecule has 2 N–H and O–H groups in total. The molecule has 1 unspecified atom stereocenters. The zero-order valence-electron chi connectivity index (χ0n) is 20.0. The number of amides is 2. The zero-order chi connectivity index (χ0) is 26.4. The molecule has 1 aliphatic heterocycles. The van der Waals surface area contributed by atoms with E-state index in [1.54, 1.807) is 36.4 Å². The standard InChI is InChI=1S/C27H27Cl2N3O4S/c28-23-13-12-20(15-24(23)29)18-37(35,36)32-14-6-9-21(17-32)26(33)31-25-11-5-4-10-22(25)27(34)30-16-19-7-2-1-3-8-19/h1-5,7-8,10-13,15,21H,6,9,14,16-18H2,(H,30,34)(H,31,33). The van der Waals surface area contributed by atoms with E-state index >= 15 is 0 Å². The number of halogens is 2. The van der Waals surface area contributed by atoms with Gasteiger partial charge in [0.05, 0.1) is 33.0 Å². The lowest BCUT2D eigenvalue weighted by atomic mass is 9.98. The van der Waals surface area contributed by atoms with Crippen LogP contribution in [0, 0.1) is 5.92 Å². The third-order valence-electron chi connectivity index (χ3n) is 6.21. The Balaban J connectivity index is 1.40. The molecule has 194 valence electrons. The molecule has 10 heteroatoms. The second kappa shape index (κ2) is 12.1. The van der Waals surface area contributed by atoms with Gasteiger partial charge >= 0.3 is 0 Å². The van der Waals surface area contributed by atoms with Crippen molar-refractivity contribution in [3.63, 3.8) is 0 Å². The highest BCUT2D eigenvalue weighted by Crippen LogP contribution is 2.27. The first-order valence-corrected chi connectivity index (χ1v) is 14.2. The van der Waals surface area contributed by atoms with Gasteiger partial charge in [0, 0.05) is 19.6 Å². The topological polar surface area (TPSA) is 95.6 Å². The summed E-state index contributed by atoms with van der Waals surface area (Å²) >= 11 is 12.0. The van der Waals surface area contributed by atoms with E-state index < -0.39 is 15.9 Å². The molecule has 1 heterocycles. The predicted octanol–water partition coefficient (Wildman–Crippen LogP) is 5.10. The molecular formula is C27H27Cl2N3O4S. The molecule has 0 bridgehead atoms. The second-order valence-corrected chi connectivity index (χ2v) is 11.7. The minimum absolute atomic E-state index is 0.0673. The summed E-state index contributed by atoms with van der Waals surface area (Å²) in [4.78, 5) is 26.0. The van der Waals surface area contributed by atoms with Gasteiger partial charge in [-0.2, -0.15) is 0 Å². The quantitative estimate of drug-likeness (QED) is 0.401. The number of hydrogen-bond acceptors (Lipinski definition) is 4. The number of nitrogens with zero attached hydrogens (tertiary/aromatic N) is 1. The van der Waals surface area contributed by atoms with Crippen molar-refractivity contribution in [1.82, 2.24) is 9.62 Å². The molecule has 2 amide bonds. The van der Waals surface area contributed by atoms with Crippen molar-refractivity contribution in [1.29, 1.82) is 0 Å². The van der Waals surface area contributed by atoms with Crippen LogP contribution in [0.4, 0.5) is 5.69 Å². The van der Waals surface area contributed by atoms with Crippen LogP contribution in [0.3, 0.4) is 0 Å². The van der Waals surface area contributed by atoms with Gasteiger partial charge in [-0.3, -0.25) is 9.59 Å². The molecule has 0 aromatic heterocycles. The Morgan fingerprint density at radius 2 is 1.65 bits per heavy atom. The highest BCUT2D eigenvalue weighted by molar-refractivity contribution is 7.88. The van der Waals surface area contributed by atoms with Crippen LogP contribution in [-0.4, -0.2) is 37.6 Å². The molecule has 3 aromatic rings. The van der Waals surface area contributed by atoms with E-state index in [-0.39, 0.29) is 29.1 Å². The van der Waals surface area contributed by atoms with Crippen molar-refractivity contribution < 1.29 is 18.0 Å². The Labute approximate surface area is 226 Å². The lowest BCUT2D eigenvalue weighted by Gasteiger charge is -2.31. The summed E-state index contributed by atoms with van der Waals surface area (Å²) in [6.45, 7) is 0.764. The fourth-order valence-corrected chi connectivity index (χ4v) is 6.16. The molecule has 1 fully saturated rings. The van der Waals surface area contributed by atoms with E-state index in [0.29, 0.717) is 47.8 Å². The SMILES string of the molecule is O=C(NCc1ccccc1)c1ccccc1NC(=O)C1CCCN(S(=O)(=O)Cc2ccc(Cl)c(Cl)c2)C1.